The molecule has 0 saturated heterocycles. The van der Waals surface area contributed by atoms with Crippen LogP contribution in [0.1, 0.15) is 12.8 Å². The first-order valence-corrected chi connectivity index (χ1v) is 7.17. The van der Waals surface area contributed by atoms with Gasteiger partial charge in [-0.1, -0.05) is 12.2 Å². The van der Waals surface area contributed by atoms with Crippen molar-refractivity contribution >= 4 is 9.84 Å². The zero-order valence-corrected chi connectivity index (χ0v) is 11.0. The summed E-state index contributed by atoms with van der Waals surface area (Å²) in [6.07, 6.45) is 7.82. The van der Waals surface area contributed by atoms with Gasteiger partial charge in [0.05, 0.1) is 9.81 Å². The highest BCUT2D eigenvalue weighted by molar-refractivity contribution is 7.99. The van der Waals surface area contributed by atoms with E-state index in [1.54, 1.807) is 0 Å². The number of hydrogen-bond donors (Lipinski definition) is 4. The van der Waals surface area contributed by atoms with E-state index < -0.39 is 21.3 Å². The van der Waals surface area contributed by atoms with Crippen molar-refractivity contribution < 1.29 is 18.6 Å². The van der Waals surface area contributed by atoms with E-state index in [4.69, 9.17) is 11.5 Å². The van der Waals surface area contributed by atoms with E-state index in [0.29, 0.717) is 0 Å². The van der Waals surface area contributed by atoms with Crippen LogP contribution in [0.25, 0.3) is 0 Å². The second-order valence-corrected chi connectivity index (χ2v) is 6.72. The van der Waals surface area contributed by atoms with Crippen molar-refractivity contribution in [1.82, 2.24) is 0 Å². The molecule has 0 heterocycles. The molecule has 0 radical (unpaired) electrons. The molecule has 2 aliphatic rings. The molecule has 0 aromatic heterocycles. The largest absolute Gasteiger partial charge is 0.372 e. The van der Waals surface area contributed by atoms with Crippen LogP contribution in [0, 0.1) is 0 Å². The van der Waals surface area contributed by atoms with Crippen LogP contribution in [0.5, 0.6) is 0 Å². The molecule has 2 rings (SSSR count). The van der Waals surface area contributed by atoms with Gasteiger partial charge in [0.15, 0.2) is 0 Å². The minimum Gasteiger partial charge on any atom is -0.372 e. The van der Waals surface area contributed by atoms with Gasteiger partial charge < -0.3 is 21.7 Å². The molecule has 0 bridgehead atoms. The van der Waals surface area contributed by atoms with Crippen LogP contribution in [-0.2, 0) is 9.84 Å². The van der Waals surface area contributed by atoms with E-state index in [-0.39, 0.29) is 22.7 Å². The molecule has 2 atom stereocenters. The Labute approximate surface area is 111 Å². The second kappa shape index (κ2) is 4.39. The number of allylic oxidation sites excluding steroid dienone is 2. The smallest absolute Gasteiger partial charge is 0.205 e. The number of aliphatic hydroxyl groups is 2. The summed E-state index contributed by atoms with van der Waals surface area (Å²) in [5, 5.41) is 19.0. The lowest BCUT2D eigenvalue weighted by atomic mass is 10.1. The van der Waals surface area contributed by atoms with E-state index in [1.165, 1.54) is 36.5 Å². The molecule has 0 aromatic rings. The Kier molecular flexibility index (Phi) is 3.28. The fourth-order valence-electron chi connectivity index (χ4n) is 1.79. The van der Waals surface area contributed by atoms with E-state index in [9.17, 15) is 18.6 Å². The number of rotatable bonds is 2. The summed E-state index contributed by atoms with van der Waals surface area (Å²) in [5.41, 5.74) is 7.88. The maximum Gasteiger partial charge on any atom is 0.205 e. The van der Waals surface area contributed by atoms with Crippen LogP contribution >= 0.6 is 0 Å². The van der Waals surface area contributed by atoms with E-state index in [1.807, 2.05) is 0 Å². The topological polar surface area (TPSA) is 127 Å². The third kappa shape index (κ3) is 3.02. The Balaban J connectivity index is 2.27. The van der Waals surface area contributed by atoms with E-state index in [2.05, 4.69) is 0 Å². The minimum absolute atomic E-state index is 0.0237. The summed E-state index contributed by atoms with van der Waals surface area (Å²) in [4.78, 5) is 0.141. The first kappa shape index (κ1) is 14.2. The van der Waals surface area contributed by atoms with Crippen molar-refractivity contribution in [2.24, 2.45) is 11.5 Å². The summed E-state index contributed by atoms with van der Waals surface area (Å²) in [7, 11) is -3.67. The SMILES string of the molecule is NC1(O)C=CC(S(=O)(=O)C2=CCC(N)(O)C=C2)=CC1. The van der Waals surface area contributed by atoms with Gasteiger partial charge in [-0.3, -0.25) is 0 Å². The Bertz CT molecular complexity index is 562. The average Bonchev–Trinajstić information content (AvgIpc) is 2.27. The van der Waals surface area contributed by atoms with Crippen LogP contribution < -0.4 is 11.5 Å². The first-order valence-electron chi connectivity index (χ1n) is 5.69. The summed E-state index contributed by atoms with van der Waals surface area (Å²) in [5.74, 6) is 0. The highest BCUT2D eigenvalue weighted by Gasteiger charge is 2.29. The maximum atomic E-state index is 12.3. The van der Waals surface area contributed by atoms with Gasteiger partial charge in [0.2, 0.25) is 9.84 Å². The highest BCUT2D eigenvalue weighted by atomic mass is 32.2. The predicted molar refractivity (Wildman–Crippen MR) is 70.9 cm³/mol. The third-order valence-electron chi connectivity index (χ3n) is 2.95. The van der Waals surface area contributed by atoms with Gasteiger partial charge >= 0.3 is 0 Å². The highest BCUT2D eigenvalue weighted by Crippen LogP contribution is 2.28. The quantitative estimate of drug-likeness (QED) is 0.501. The fraction of sp³-hybridized carbons (Fsp3) is 0.333. The van der Waals surface area contributed by atoms with Gasteiger partial charge in [0, 0.05) is 12.8 Å². The van der Waals surface area contributed by atoms with E-state index >= 15 is 0 Å². The first-order chi connectivity index (χ1) is 8.62. The molecular formula is C12H16N2O4S. The molecule has 2 aliphatic carbocycles. The number of hydrogen-bond acceptors (Lipinski definition) is 6. The summed E-state index contributed by atoms with van der Waals surface area (Å²) < 4.78 is 24.6. The Morgan fingerprint density at radius 3 is 1.58 bits per heavy atom. The van der Waals surface area contributed by atoms with Crippen LogP contribution in [0.15, 0.2) is 46.3 Å². The van der Waals surface area contributed by atoms with Crippen molar-refractivity contribution in [3.8, 4) is 0 Å². The van der Waals surface area contributed by atoms with Gasteiger partial charge in [-0.05, 0) is 24.3 Å². The Hall–Kier alpha value is -1.25. The van der Waals surface area contributed by atoms with Crippen molar-refractivity contribution in [3.05, 3.63) is 46.3 Å². The lowest BCUT2D eigenvalue weighted by molar-refractivity contribution is 0.1000. The molecule has 0 aromatic carbocycles. The van der Waals surface area contributed by atoms with Gasteiger partial charge in [-0.15, -0.1) is 0 Å². The van der Waals surface area contributed by atoms with Crippen LogP contribution in [0.2, 0.25) is 0 Å². The second-order valence-electron chi connectivity index (χ2n) is 4.77. The molecule has 0 spiro atoms. The fourth-order valence-corrected chi connectivity index (χ4v) is 3.16. The zero-order valence-electron chi connectivity index (χ0n) is 10.2. The molecule has 6 N–H and O–H groups in total. The van der Waals surface area contributed by atoms with Crippen LogP contribution in [0.4, 0.5) is 0 Å². The number of sulfone groups is 1. The van der Waals surface area contributed by atoms with Crippen molar-refractivity contribution in [2.45, 2.75) is 24.3 Å². The van der Waals surface area contributed by atoms with Crippen LogP contribution in [-0.4, -0.2) is 30.1 Å². The maximum absolute atomic E-state index is 12.3. The lowest BCUT2D eigenvalue weighted by Crippen LogP contribution is -2.38. The molecule has 6 nitrogen and oxygen atoms in total. The van der Waals surface area contributed by atoms with Crippen LogP contribution in [0.3, 0.4) is 0 Å². The van der Waals surface area contributed by atoms with Crippen molar-refractivity contribution in [3.63, 3.8) is 0 Å². The van der Waals surface area contributed by atoms with Gasteiger partial charge in [-0.2, -0.15) is 0 Å². The normalized spacial score (nSPS) is 34.9. The molecule has 2 unspecified atom stereocenters. The molecule has 104 valence electrons. The molecule has 0 saturated carbocycles. The number of nitrogens with two attached hydrogens (primary N) is 2. The van der Waals surface area contributed by atoms with Gasteiger partial charge in [0.25, 0.3) is 0 Å². The van der Waals surface area contributed by atoms with Gasteiger partial charge in [0.1, 0.15) is 11.4 Å². The van der Waals surface area contributed by atoms with E-state index in [0.717, 1.165) is 0 Å². The molecule has 0 fully saturated rings. The molecule has 7 heteroatoms. The predicted octanol–water partition coefficient (Wildman–Crippen LogP) is -0.617. The lowest BCUT2D eigenvalue weighted by Gasteiger charge is -2.23. The summed E-state index contributed by atoms with van der Waals surface area (Å²) in [6.45, 7) is 0. The summed E-state index contributed by atoms with van der Waals surface area (Å²) in [6, 6.07) is 0. The zero-order chi connectivity index (χ0) is 14.3. The minimum atomic E-state index is -3.67. The molecular weight excluding hydrogens is 268 g/mol. The Morgan fingerprint density at radius 2 is 1.32 bits per heavy atom. The van der Waals surface area contributed by atoms with Gasteiger partial charge in [-0.25, -0.2) is 8.42 Å². The monoisotopic (exact) mass is 284 g/mol. The third-order valence-corrected chi connectivity index (χ3v) is 4.80. The average molecular weight is 284 g/mol. The molecule has 0 aliphatic heterocycles. The standard InChI is InChI=1S/C12H16N2O4S/c13-11(15)5-1-9(2-6-11)19(17,18)10-3-7-12(14,16)8-4-10/h1-5,7,15-16H,6,8,13-14H2. The van der Waals surface area contributed by atoms with Crippen molar-refractivity contribution in [1.29, 1.82) is 0 Å². The Morgan fingerprint density at radius 1 is 0.947 bits per heavy atom. The molecule has 0 amide bonds. The van der Waals surface area contributed by atoms with Crippen molar-refractivity contribution in [2.75, 3.05) is 0 Å². The summed E-state index contributed by atoms with van der Waals surface area (Å²) >= 11 is 0. The molecule has 19 heavy (non-hydrogen) atoms.